The van der Waals surface area contributed by atoms with Crippen LogP contribution in [0, 0.1) is 13.8 Å². The smallest absolute Gasteiger partial charge is 0.255 e. The van der Waals surface area contributed by atoms with Crippen LogP contribution in [-0.4, -0.2) is 49.7 Å². The van der Waals surface area contributed by atoms with Crippen LogP contribution in [0.1, 0.15) is 27.0 Å². The molecule has 0 saturated carbocycles. The maximum atomic E-state index is 12.9. The highest BCUT2D eigenvalue weighted by molar-refractivity contribution is 7.89. The largest absolute Gasteiger partial charge is 0.322 e. The Hall–Kier alpha value is -3.00. The third-order valence-corrected chi connectivity index (χ3v) is 7.83. The van der Waals surface area contributed by atoms with E-state index in [1.165, 1.54) is 0 Å². The lowest BCUT2D eigenvalue weighted by atomic mass is 10.1. The number of benzene rings is 3. The van der Waals surface area contributed by atoms with Gasteiger partial charge >= 0.3 is 0 Å². The third-order valence-electron chi connectivity index (χ3n) is 5.92. The van der Waals surface area contributed by atoms with Crippen LogP contribution in [0.15, 0.2) is 77.7 Å². The number of aryl methyl sites for hydroxylation is 2. The molecule has 1 aliphatic heterocycles. The number of anilines is 1. The molecule has 3 aromatic rings. The van der Waals surface area contributed by atoms with Gasteiger partial charge < -0.3 is 5.32 Å². The standard InChI is InChI=1S/C26H29N3O3S/c1-20-3-11-24(12-4-20)27-26(30)23-9-7-22(8-10-23)19-28-15-17-29(18-16-28)33(31,32)25-13-5-21(2)6-14-25/h3-14H,15-19H2,1-2H3,(H,27,30). The second-order valence-electron chi connectivity index (χ2n) is 8.51. The number of rotatable bonds is 6. The normalized spacial score (nSPS) is 15.3. The molecule has 1 heterocycles. The van der Waals surface area contributed by atoms with Crippen molar-refractivity contribution in [3.05, 3.63) is 95.1 Å². The van der Waals surface area contributed by atoms with Gasteiger partial charge in [0, 0.05) is 44.0 Å². The first-order valence-corrected chi connectivity index (χ1v) is 12.5. The number of sulfonamides is 1. The fourth-order valence-corrected chi connectivity index (χ4v) is 5.27. The fraction of sp³-hybridized carbons (Fsp3) is 0.269. The van der Waals surface area contributed by atoms with E-state index in [0.29, 0.717) is 36.6 Å². The summed E-state index contributed by atoms with van der Waals surface area (Å²) in [6.45, 7) is 6.94. The number of hydrogen-bond acceptors (Lipinski definition) is 4. The molecule has 0 aromatic heterocycles. The minimum Gasteiger partial charge on any atom is -0.322 e. The van der Waals surface area contributed by atoms with Crippen molar-refractivity contribution in [1.29, 1.82) is 0 Å². The van der Waals surface area contributed by atoms with Gasteiger partial charge in [-0.25, -0.2) is 8.42 Å². The van der Waals surface area contributed by atoms with Gasteiger partial charge in [0.2, 0.25) is 10.0 Å². The van der Waals surface area contributed by atoms with Crippen LogP contribution in [0.3, 0.4) is 0 Å². The lowest BCUT2D eigenvalue weighted by Crippen LogP contribution is -2.48. The summed E-state index contributed by atoms with van der Waals surface area (Å²) >= 11 is 0. The Morgan fingerprint density at radius 3 is 1.91 bits per heavy atom. The van der Waals surface area contributed by atoms with Crippen molar-refractivity contribution in [2.45, 2.75) is 25.3 Å². The molecule has 0 unspecified atom stereocenters. The number of carbonyl (C=O) groups is 1. The van der Waals surface area contributed by atoms with E-state index in [2.05, 4.69) is 10.2 Å². The van der Waals surface area contributed by atoms with Crippen molar-refractivity contribution in [1.82, 2.24) is 9.21 Å². The van der Waals surface area contributed by atoms with Crippen molar-refractivity contribution >= 4 is 21.6 Å². The molecule has 7 heteroatoms. The molecule has 0 spiro atoms. The van der Waals surface area contributed by atoms with Crippen LogP contribution < -0.4 is 5.32 Å². The number of amides is 1. The summed E-state index contributed by atoms with van der Waals surface area (Å²) in [5.74, 6) is -0.139. The zero-order chi connectivity index (χ0) is 23.4. The number of carbonyl (C=O) groups excluding carboxylic acids is 1. The van der Waals surface area contributed by atoms with Crippen molar-refractivity contribution in [2.75, 3.05) is 31.5 Å². The molecule has 1 N–H and O–H groups in total. The minimum atomic E-state index is -3.46. The average Bonchev–Trinajstić information content (AvgIpc) is 2.82. The maximum Gasteiger partial charge on any atom is 0.255 e. The van der Waals surface area contributed by atoms with E-state index >= 15 is 0 Å². The molecule has 172 valence electrons. The molecule has 0 bridgehead atoms. The maximum absolute atomic E-state index is 12.9. The summed E-state index contributed by atoms with van der Waals surface area (Å²) in [6.07, 6.45) is 0. The first-order valence-electron chi connectivity index (χ1n) is 11.1. The van der Waals surface area contributed by atoms with E-state index in [9.17, 15) is 13.2 Å². The second-order valence-corrected chi connectivity index (χ2v) is 10.4. The number of nitrogens with one attached hydrogen (secondary N) is 1. The Labute approximate surface area is 195 Å². The van der Waals surface area contributed by atoms with E-state index in [4.69, 9.17) is 0 Å². The van der Waals surface area contributed by atoms with E-state index in [-0.39, 0.29) is 5.91 Å². The quantitative estimate of drug-likeness (QED) is 0.599. The zero-order valence-electron chi connectivity index (χ0n) is 19.0. The van der Waals surface area contributed by atoms with E-state index in [0.717, 1.165) is 28.9 Å². The summed E-state index contributed by atoms with van der Waals surface area (Å²) in [7, 11) is -3.46. The Morgan fingerprint density at radius 1 is 0.788 bits per heavy atom. The van der Waals surface area contributed by atoms with E-state index in [1.54, 1.807) is 16.4 Å². The zero-order valence-corrected chi connectivity index (χ0v) is 19.8. The van der Waals surface area contributed by atoms with Gasteiger partial charge in [0.25, 0.3) is 5.91 Å². The molecule has 0 radical (unpaired) electrons. The Bertz CT molecular complexity index is 1200. The predicted molar refractivity (Wildman–Crippen MR) is 131 cm³/mol. The lowest BCUT2D eigenvalue weighted by molar-refractivity contribution is 0.102. The SMILES string of the molecule is Cc1ccc(NC(=O)c2ccc(CN3CCN(S(=O)(=O)c4ccc(C)cc4)CC3)cc2)cc1. The molecule has 3 aromatic carbocycles. The summed E-state index contributed by atoms with van der Waals surface area (Å²) in [4.78, 5) is 15.1. The molecular formula is C26H29N3O3S. The van der Waals surface area contributed by atoms with Gasteiger partial charge in [-0.3, -0.25) is 9.69 Å². The van der Waals surface area contributed by atoms with Crippen LogP contribution in [-0.2, 0) is 16.6 Å². The molecule has 1 fully saturated rings. The van der Waals surface area contributed by atoms with Crippen molar-refractivity contribution < 1.29 is 13.2 Å². The van der Waals surface area contributed by atoms with Crippen LogP contribution in [0.2, 0.25) is 0 Å². The molecular weight excluding hydrogens is 434 g/mol. The van der Waals surface area contributed by atoms with Gasteiger partial charge in [-0.15, -0.1) is 0 Å². The Balaban J connectivity index is 1.31. The van der Waals surface area contributed by atoms with Crippen LogP contribution in [0.25, 0.3) is 0 Å². The third kappa shape index (κ3) is 5.68. The minimum absolute atomic E-state index is 0.139. The Kier molecular flexibility index (Phi) is 6.93. The van der Waals surface area contributed by atoms with Crippen LogP contribution in [0.4, 0.5) is 5.69 Å². The first kappa shape index (κ1) is 23.2. The molecule has 1 saturated heterocycles. The number of piperazine rings is 1. The first-order chi connectivity index (χ1) is 15.8. The molecule has 4 rings (SSSR count). The van der Waals surface area contributed by atoms with Crippen molar-refractivity contribution in [3.8, 4) is 0 Å². The second kappa shape index (κ2) is 9.87. The predicted octanol–water partition coefficient (Wildman–Crippen LogP) is 4.06. The summed E-state index contributed by atoms with van der Waals surface area (Å²) in [6, 6.07) is 22.3. The molecule has 0 atom stereocenters. The molecule has 1 amide bonds. The average molecular weight is 464 g/mol. The van der Waals surface area contributed by atoms with Gasteiger partial charge in [-0.2, -0.15) is 4.31 Å². The molecule has 6 nitrogen and oxygen atoms in total. The van der Waals surface area contributed by atoms with Gasteiger partial charge in [0.1, 0.15) is 0 Å². The number of hydrogen-bond donors (Lipinski definition) is 1. The lowest BCUT2D eigenvalue weighted by Gasteiger charge is -2.34. The van der Waals surface area contributed by atoms with E-state index < -0.39 is 10.0 Å². The highest BCUT2D eigenvalue weighted by atomic mass is 32.2. The van der Waals surface area contributed by atoms with E-state index in [1.807, 2.05) is 74.5 Å². The summed E-state index contributed by atoms with van der Waals surface area (Å²) in [5.41, 5.74) is 4.65. The van der Waals surface area contributed by atoms with Crippen LogP contribution >= 0.6 is 0 Å². The van der Waals surface area contributed by atoms with Crippen molar-refractivity contribution in [3.63, 3.8) is 0 Å². The van der Waals surface area contributed by atoms with Gasteiger partial charge in [-0.05, 0) is 55.8 Å². The monoisotopic (exact) mass is 463 g/mol. The molecule has 33 heavy (non-hydrogen) atoms. The summed E-state index contributed by atoms with van der Waals surface area (Å²) in [5, 5.41) is 2.91. The summed E-state index contributed by atoms with van der Waals surface area (Å²) < 4.78 is 27.3. The highest BCUT2D eigenvalue weighted by Gasteiger charge is 2.28. The molecule has 1 aliphatic rings. The van der Waals surface area contributed by atoms with Gasteiger partial charge in [0.05, 0.1) is 4.90 Å². The fourth-order valence-electron chi connectivity index (χ4n) is 3.85. The van der Waals surface area contributed by atoms with Crippen LogP contribution in [0.5, 0.6) is 0 Å². The molecule has 0 aliphatic carbocycles. The van der Waals surface area contributed by atoms with Crippen molar-refractivity contribution in [2.24, 2.45) is 0 Å². The highest BCUT2D eigenvalue weighted by Crippen LogP contribution is 2.19. The number of nitrogens with zero attached hydrogens (tertiary/aromatic N) is 2. The van der Waals surface area contributed by atoms with Gasteiger partial charge in [-0.1, -0.05) is 47.5 Å². The Morgan fingerprint density at radius 2 is 1.33 bits per heavy atom. The topological polar surface area (TPSA) is 69.7 Å². The van der Waals surface area contributed by atoms with Gasteiger partial charge in [0.15, 0.2) is 0 Å².